The van der Waals surface area contributed by atoms with Gasteiger partial charge >= 0.3 is 5.69 Å². The summed E-state index contributed by atoms with van der Waals surface area (Å²) in [6.07, 6.45) is 1.49. The average Bonchev–Trinajstić information content (AvgIpc) is 3.28. The Morgan fingerprint density at radius 1 is 1.33 bits per heavy atom. The number of fused-ring (bicyclic) bond motifs is 1. The highest BCUT2D eigenvalue weighted by Crippen LogP contribution is 2.28. The van der Waals surface area contributed by atoms with Crippen molar-refractivity contribution in [1.29, 1.82) is 0 Å². The maximum absolute atomic E-state index is 12.3. The third-order valence-electron chi connectivity index (χ3n) is 3.64. The Morgan fingerprint density at radius 3 is 2.86 bits per heavy atom. The van der Waals surface area contributed by atoms with Gasteiger partial charge in [0.25, 0.3) is 5.56 Å². The largest absolute Gasteiger partial charge is 0.389 e. The van der Waals surface area contributed by atoms with Crippen LogP contribution in [-0.4, -0.2) is 34.0 Å². The number of aliphatic hydroxyl groups is 1. The zero-order valence-electron chi connectivity index (χ0n) is 11.6. The molecule has 0 spiro atoms. The van der Waals surface area contributed by atoms with Gasteiger partial charge < -0.3 is 14.8 Å². The fraction of sp³-hybridized carbons (Fsp3) is 0.467. The first kappa shape index (κ1) is 14.0. The Morgan fingerprint density at radius 2 is 2.10 bits per heavy atom. The third kappa shape index (κ3) is 3.22. The number of benzene rings is 1. The molecule has 1 atom stereocenters. The highest BCUT2D eigenvalue weighted by atomic mass is 16.5. The molecule has 1 unspecified atom stereocenters. The molecule has 6 heteroatoms. The summed E-state index contributed by atoms with van der Waals surface area (Å²) in [5.41, 5.74) is -0.404. The minimum Gasteiger partial charge on any atom is -0.389 e. The van der Waals surface area contributed by atoms with E-state index in [0.29, 0.717) is 23.4 Å². The van der Waals surface area contributed by atoms with Crippen LogP contribution in [0.1, 0.15) is 12.8 Å². The first-order valence-electron chi connectivity index (χ1n) is 7.13. The van der Waals surface area contributed by atoms with Crippen LogP contribution in [0, 0.1) is 5.92 Å². The Balaban J connectivity index is 1.76. The lowest BCUT2D eigenvalue weighted by Gasteiger charge is -2.12. The number of aliphatic hydroxyl groups excluding tert-OH is 1. The molecule has 112 valence electrons. The van der Waals surface area contributed by atoms with Crippen LogP contribution in [0.3, 0.4) is 0 Å². The maximum Gasteiger partial charge on any atom is 0.328 e. The summed E-state index contributed by atoms with van der Waals surface area (Å²) in [6.45, 7) is 0.707. The van der Waals surface area contributed by atoms with E-state index in [1.807, 2.05) is 0 Å². The van der Waals surface area contributed by atoms with E-state index < -0.39 is 17.4 Å². The van der Waals surface area contributed by atoms with Crippen LogP contribution < -0.4 is 11.2 Å². The molecule has 0 amide bonds. The summed E-state index contributed by atoms with van der Waals surface area (Å²) in [5.74, 6) is 0.615. The molecular weight excluding hydrogens is 272 g/mol. The number of nitrogens with one attached hydrogen (secondary N) is 1. The molecule has 1 aromatic heterocycles. The molecule has 2 aromatic rings. The number of para-hydroxylation sites is 1. The first-order chi connectivity index (χ1) is 10.1. The minimum absolute atomic E-state index is 0.0658. The lowest BCUT2D eigenvalue weighted by molar-refractivity contribution is 0.0230. The maximum atomic E-state index is 12.3. The van der Waals surface area contributed by atoms with Gasteiger partial charge in [-0.15, -0.1) is 0 Å². The highest BCUT2D eigenvalue weighted by Gasteiger charge is 2.21. The van der Waals surface area contributed by atoms with Crippen LogP contribution >= 0.6 is 0 Å². The first-order valence-corrected chi connectivity index (χ1v) is 7.13. The average molecular weight is 290 g/mol. The van der Waals surface area contributed by atoms with Gasteiger partial charge in [-0.25, -0.2) is 4.79 Å². The Kier molecular flexibility index (Phi) is 3.90. The van der Waals surface area contributed by atoms with E-state index in [9.17, 15) is 14.7 Å². The Hall–Kier alpha value is -1.92. The minimum atomic E-state index is -0.872. The van der Waals surface area contributed by atoms with Crippen LogP contribution in [0.25, 0.3) is 10.9 Å². The molecule has 0 bridgehead atoms. The molecule has 1 aromatic carbocycles. The molecule has 2 N–H and O–H groups in total. The lowest BCUT2D eigenvalue weighted by Crippen LogP contribution is -2.39. The molecule has 21 heavy (non-hydrogen) atoms. The summed E-state index contributed by atoms with van der Waals surface area (Å²) in [7, 11) is 0. The molecule has 1 aliphatic rings. The number of aromatic nitrogens is 2. The molecule has 1 heterocycles. The zero-order valence-corrected chi connectivity index (χ0v) is 11.6. The molecule has 0 radical (unpaired) electrons. The summed E-state index contributed by atoms with van der Waals surface area (Å²) in [4.78, 5) is 26.8. The predicted molar refractivity (Wildman–Crippen MR) is 78.4 cm³/mol. The topological polar surface area (TPSA) is 84.3 Å². The van der Waals surface area contributed by atoms with Gasteiger partial charge in [0.05, 0.1) is 30.2 Å². The molecule has 3 rings (SSSR count). The van der Waals surface area contributed by atoms with Gasteiger partial charge in [0, 0.05) is 6.61 Å². The van der Waals surface area contributed by atoms with E-state index in [-0.39, 0.29) is 13.2 Å². The SMILES string of the molecule is O=c1[nH]c2ccccc2c(=O)n1CC(O)COCC1CC1. The van der Waals surface area contributed by atoms with Gasteiger partial charge in [-0.05, 0) is 30.9 Å². The predicted octanol–water partition coefficient (Wildman–Crippen LogP) is 0.477. The number of hydrogen-bond donors (Lipinski definition) is 2. The smallest absolute Gasteiger partial charge is 0.328 e. The zero-order chi connectivity index (χ0) is 14.8. The molecule has 0 saturated heterocycles. The van der Waals surface area contributed by atoms with Gasteiger partial charge in [0.1, 0.15) is 0 Å². The van der Waals surface area contributed by atoms with E-state index in [4.69, 9.17) is 4.74 Å². The monoisotopic (exact) mass is 290 g/mol. The van der Waals surface area contributed by atoms with Crippen LogP contribution in [0.5, 0.6) is 0 Å². The van der Waals surface area contributed by atoms with Crippen molar-refractivity contribution in [2.45, 2.75) is 25.5 Å². The second-order valence-electron chi connectivity index (χ2n) is 5.53. The Bertz CT molecular complexity index is 745. The molecular formula is C15H18N2O4. The van der Waals surface area contributed by atoms with Crippen molar-refractivity contribution in [2.75, 3.05) is 13.2 Å². The van der Waals surface area contributed by atoms with Crippen molar-refractivity contribution in [3.8, 4) is 0 Å². The molecule has 1 saturated carbocycles. The standard InChI is InChI=1S/C15H18N2O4/c18-11(9-21-8-10-5-6-10)7-17-14(19)12-3-1-2-4-13(12)16-15(17)20/h1-4,10-11,18H,5-9H2,(H,16,20). The fourth-order valence-corrected chi connectivity index (χ4v) is 2.28. The van der Waals surface area contributed by atoms with Crippen LogP contribution in [0.4, 0.5) is 0 Å². The van der Waals surface area contributed by atoms with Crippen molar-refractivity contribution in [3.63, 3.8) is 0 Å². The van der Waals surface area contributed by atoms with Gasteiger partial charge in [0.15, 0.2) is 0 Å². The number of ether oxygens (including phenoxy) is 1. The van der Waals surface area contributed by atoms with Gasteiger partial charge in [0.2, 0.25) is 0 Å². The van der Waals surface area contributed by atoms with Crippen LogP contribution in [0.15, 0.2) is 33.9 Å². The highest BCUT2D eigenvalue weighted by molar-refractivity contribution is 5.76. The summed E-state index contributed by atoms with van der Waals surface area (Å²) in [6, 6.07) is 6.82. The van der Waals surface area contributed by atoms with E-state index in [1.165, 1.54) is 12.8 Å². The van der Waals surface area contributed by atoms with Crippen molar-refractivity contribution >= 4 is 10.9 Å². The molecule has 1 fully saturated rings. The molecule has 1 aliphatic carbocycles. The van der Waals surface area contributed by atoms with Crippen molar-refractivity contribution in [1.82, 2.24) is 9.55 Å². The summed E-state index contributed by atoms with van der Waals surface area (Å²) >= 11 is 0. The normalized spacial score (nSPS) is 16.2. The fourth-order valence-electron chi connectivity index (χ4n) is 2.28. The number of H-pyrrole nitrogens is 1. The van der Waals surface area contributed by atoms with Crippen molar-refractivity contribution < 1.29 is 9.84 Å². The van der Waals surface area contributed by atoms with Crippen LogP contribution in [0.2, 0.25) is 0 Å². The number of hydrogen-bond acceptors (Lipinski definition) is 4. The van der Waals surface area contributed by atoms with Gasteiger partial charge in [-0.1, -0.05) is 12.1 Å². The van der Waals surface area contributed by atoms with Crippen molar-refractivity contribution in [2.24, 2.45) is 5.92 Å². The number of rotatable bonds is 6. The van der Waals surface area contributed by atoms with Crippen molar-refractivity contribution in [3.05, 3.63) is 45.1 Å². The molecule has 0 aliphatic heterocycles. The third-order valence-corrected chi connectivity index (χ3v) is 3.64. The van der Waals surface area contributed by atoms with E-state index >= 15 is 0 Å². The lowest BCUT2D eigenvalue weighted by atomic mass is 10.2. The van der Waals surface area contributed by atoms with Gasteiger partial charge in [-0.3, -0.25) is 9.36 Å². The van der Waals surface area contributed by atoms with E-state index in [1.54, 1.807) is 24.3 Å². The summed E-state index contributed by atoms with van der Waals surface area (Å²) < 4.78 is 6.40. The second-order valence-corrected chi connectivity index (χ2v) is 5.53. The number of aromatic amines is 1. The quantitative estimate of drug-likeness (QED) is 0.810. The summed E-state index contributed by atoms with van der Waals surface area (Å²) in [5, 5.41) is 10.4. The number of nitrogens with zero attached hydrogens (tertiary/aromatic N) is 1. The molecule has 6 nitrogen and oxygen atoms in total. The van der Waals surface area contributed by atoms with E-state index in [2.05, 4.69) is 4.98 Å². The van der Waals surface area contributed by atoms with Crippen LogP contribution in [-0.2, 0) is 11.3 Å². The Labute approximate surface area is 121 Å². The second kappa shape index (κ2) is 5.83. The van der Waals surface area contributed by atoms with E-state index in [0.717, 1.165) is 4.57 Å². The van der Waals surface area contributed by atoms with Gasteiger partial charge in [-0.2, -0.15) is 0 Å².